The summed E-state index contributed by atoms with van der Waals surface area (Å²) in [6, 6.07) is 3.99. The first kappa shape index (κ1) is 18.5. The molecule has 0 aliphatic heterocycles. The van der Waals surface area contributed by atoms with Gasteiger partial charge in [0.1, 0.15) is 5.75 Å². The van der Waals surface area contributed by atoms with Gasteiger partial charge in [-0.3, -0.25) is 4.79 Å². The van der Waals surface area contributed by atoms with Gasteiger partial charge in [-0.1, -0.05) is 53.7 Å². The van der Waals surface area contributed by atoms with E-state index in [4.69, 9.17) is 4.74 Å². The van der Waals surface area contributed by atoms with Crippen LogP contribution in [0.15, 0.2) is 12.1 Å². The summed E-state index contributed by atoms with van der Waals surface area (Å²) in [7, 11) is 0. The maximum atomic E-state index is 12.1. The summed E-state index contributed by atoms with van der Waals surface area (Å²) in [5.41, 5.74) is 2.37. The highest BCUT2D eigenvalue weighted by molar-refractivity contribution is 5.79. The Bertz CT molecular complexity index is 545. The van der Waals surface area contributed by atoms with E-state index in [9.17, 15) is 9.90 Å². The van der Waals surface area contributed by atoms with Crippen molar-refractivity contribution in [3.05, 3.63) is 28.8 Å². The number of hydrogen-bond donors (Lipinski definition) is 1. The van der Waals surface area contributed by atoms with Crippen LogP contribution in [0.25, 0.3) is 0 Å². The Balaban J connectivity index is 3.53. The molecule has 3 heteroatoms. The Morgan fingerprint density at radius 1 is 1.14 bits per heavy atom. The maximum absolute atomic E-state index is 12.1. The van der Waals surface area contributed by atoms with Crippen LogP contribution in [-0.4, -0.2) is 17.7 Å². The molecule has 1 N–H and O–H groups in total. The van der Waals surface area contributed by atoms with E-state index in [1.54, 1.807) is 13.8 Å². The minimum atomic E-state index is -0.483. The standard InChI is InChI=1S/C19H30O3/c1-9-22-17(21)12(2)14-10-13(18(3,4)5)11-15(16(14)20)19(6,7)8/h10-12,20H,9H2,1-8H3. The maximum Gasteiger partial charge on any atom is 0.313 e. The molecular weight excluding hydrogens is 276 g/mol. The molecule has 0 aliphatic carbocycles. The second-order valence-corrected chi connectivity index (χ2v) is 7.94. The molecule has 0 radical (unpaired) electrons. The van der Waals surface area contributed by atoms with Gasteiger partial charge in [0.2, 0.25) is 0 Å². The number of hydrogen-bond acceptors (Lipinski definition) is 3. The fourth-order valence-electron chi connectivity index (χ4n) is 2.39. The largest absolute Gasteiger partial charge is 0.507 e. The number of rotatable bonds is 3. The number of aromatic hydroxyl groups is 1. The molecule has 1 aromatic rings. The highest BCUT2D eigenvalue weighted by Crippen LogP contribution is 2.40. The molecular formula is C19H30O3. The lowest BCUT2D eigenvalue weighted by Crippen LogP contribution is -2.20. The van der Waals surface area contributed by atoms with Crippen molar-refractivity contribution in [1.29, 1.82) is 0 Å². The van der Waals surface area contributed by atoms with Crippen LogP contribution in [0, 0.1) is 0 Å². The van der Waals surface area contributed by atoms with Crippen LogP contribution < -0.4 is 0 Å². The van der Waals surface area contributed by atoms with E-state index >= 15 is 0 Å². The van der Waals surface area contributed by atoms with Crippen molar-refractivity contribution in [2.45, 2.75) is 72.1 Å². The van der Waals surface area contributed by atoms with Gasteiger partial charge in [0, 0.05) is 5.56 Å². The molecule has 1 aromatic carbocycles. The predicted molar refractivity (Wildman–Crippen MR) is 90.6 cm³/mol. The number of carbonyl (C=O) groups is 1. The molecule has 0 aromatic heterocycles. The van der Waals surface area contributed by atoms with Crippen LogP contribution in [0.2, 0.25) is 0 Å². The van der Waals surface area contributed by atoms with Crippen LogP contribution in [-0.2, 0) is 20.4 Å². The summed E-state index contributed by atoms with van der Waals surface area (Å²) < 4.78 is 5.11. The summed E-state index contributed by atoms with van der Waals surface area (Å²) in [5.74, 6) is -0.576. The first-order chi connectivity index (χ1) is 9.89. The molecule has 0 heterocycles. The monoisotopic (exact) mass is 306 g/mol. The number of phenols is 1. The summed E-state index contributed by atoms with van der Waals surface area (Å²) >= 11 is 0. The first-order valence-electron chi connectivity index (χ1n) is 7.94. The molecule has 1 atom stereocenters. The molecule has 124 valence electrons. The fraction of sp³-hybridized carbons (Fsp3) is 0.632. The van der Waals surface area contributed by atoms with E-state index in [2.05, 4.69) is 47.6 Å². The average molecular weight is 306 g/mol. The number of carbonyl (C=O) groups excluding carboxylic acids is 1. The number of esters is 1. The molecule has 0 aliphatic rings. The van der Waals surface area contributed by atoms with Crippen LogP contribution >= 0.6 is 0 Å². The number of ether oxygens (including phenoxy) is 1. The SMILES string of the molecule is CCOC(=O)C(C)c1cc(C(C)(C)C)cc(C(C)(C)C)c1O. The Hall–Kier alpha value is -1.51. The Morgan fingerprint density at radius 2 is 1.68 bits per heavy atom. The second kappa shape index (κ2) is 6.31. The highest BCUT2D eigenvalue weighted by atomic mass is 16.5. The highest BCUT2D eigenvalue weighted by Gasteiger charge is 2.29. The van der Waals surface area contributed by atoms with Crippen molar-refractivity contribution in [3.63, 3.8) is 0 Å². The predicted octanol–water partition coefficient (Wildman–Crippen LogP) is 4.65. The number of benzene rings is 1. The van der Waals surface area contributed by atoms with E-state index in [0.29, 0.717) is 12.2 Å². The molecule has 22 heavy (non-hydrogen) atoms. The minimum absolute atomic E-state index is 0.0587. The zero-order valence-electron chi connectivity index (χ0n) is 15.2. The van der Waals surface area contributed by atoms with Crippen molar-refractivity contribution in [1.82, 2.24) is 0 Å². The lowest BCUT2D eigenvalue weighted by molar-refractivity contribution is -0.144. The fourth-order valence-corrected chi connectivity index (χ4v) is 2.39. The molecule has 0 bridgehead atoms. The molecule has 0 spiro atoms. The molecule has 0 amide bonds. The molecule has 0 fully saturated rings. The Morgan fingerprint density at radius 3 is 2.09 bits per heavy atom. The van der Waals surface area contributed by atoms with Gasteiger partial charge < -0.3 is 9.84 Å². The summed E-state index contributed by atoms with van der Waals surface area (Å²) in [6.07, 6.45) is 0. The van der Waals surface area contributed by atoms with Gasteiger partial charge in [-0.25, -0.2) is 0 Å². The second-order valence-electron chi connectivity index (χ2n) is 7.94. The van der Waals surface area contributed by atoms with Crippen LogP contribution in [0.4, 0.5) is 0 Å². The zero-order chi connectivity index (χ0) is 17.3. The smallest absolute Gasteiger partial charge is 0.313 e. The molecule has 3 nitrogen and oxygen atoms in total. The Kier molecular flexibility index (Phi) is 5.32. The Labute approximate surface area is 134 Å². The van der Waals surface area contributed by atoms with E-state index in [1.807, 2.05) is 6.07 Å². The van der Waals surface area contributed by atoms with Gasteiger partial charge >= 0.3 is 5.97 Å². The number of phenolic OH excluding ortho intramolecular Hbond substituents is 1. The molecule has 1 unspecified atom stereocenters. The first-order valence-corrected chi connectivity index (χ1v) is 7.94. The van der Waals surface area contributed by atoms with Gasteiger partial charge in [-0.05, 0) is 35.8 Å². The third-order valence-corrected chi connectivity index (χ3v) is 3.92. The van der Waals surface area contributed by atoms with Crippen molar-refractivity contribution in [2.24, 2.45) is 0 Å². The lowest BCUT2D eigenvalue weighted by atomic mass is 9.77. The lowest BCUT2D eigenvalue weighted by Gasteiger charge is -2.28. The van der Waals surface area contributed by atoms with E-state index < -0.39 is 5.92 Å². The van der Waals surface area contributed by atoms with Gasteiger partial charge in [0.05, 0.1) is 12.5 Å². The van der Waals surface area contributed by atoms with Gasteiger partial charge in [0.15, 0.2) is 0 Å². The quantitative estimate of drug-likeness (QED) is 0.827. The molecule has 0 saturated heterocycles. The van der Waals surface area contributed by atoms with E-state index in [1.165, 1.54) is 0 Å². The van der Waals surface area contributed by atoms with Gasteiger partial charge in [-0.15, -0.1) is 0 Å². The van der Waals surface area contributed by atoms with Crippen LogP contribution in [0.1, 0.15) is 78.0 Å². The van der Waals surface area contributed by atoms with Gasteiger partial charge in [0.25, 0.3) is 0 Å². The minimum Gasteiger partial charge on any atom is -0.507 e. The van der Waals surface area contributed by atoms with Crippen LogP contribution in [0.3, 0.4) is 0 Å². The van der Waals surface area contributed by atoms with Gasteiger partial charge in [-0.2, -0.15) is 0 Å². The topological polar surface area (TPSA) is 46.5 Å². The van der Waals surface area contributed by atoms with Crippen LogP contribution in [0.5, 0.6) is 5.75 Å². The van der Waals surface area contributed by atoms with Crippen molar-refractivity contribution < 1.29 is 14.6 Å². The van der Waals surface area contributed by atoms with Crippen molar-refractivity contribution in [3.8, 4) is 5.75 Å². The summed E-state index contributed by atoms with van der Waals surface area (Å²) in [4.78, 5) is 12.1. The van der Waals surface area contributed by atoms with E-state index in [0.717, 1.165) is 11.1 Å². The summed E-state index contributed by atoms with van der Waals surface area (Å²) in [6.45, 7) is 16.5. The van der Waals surface area contributed by atoms with E-state index in [-0.39, 0.29) is 22.5 Å². The zero-order valence-corrected chi connectivity index (χ0v) is 15.2. The third-order valence-electron chi connectivity index (χ3n) is 3.92. The molecule has 0 saturated carbocycles. The van der Waals surface area contributed by atoms with Crippen molar-refractivity contribution >= 4 is 5.97 Å². The normalized spacial score (nSPS) is 13.8. The average Bonchev–Trinajstić information content (AvgIpc) is 2.35. The molecule has 1 rings (SSSR count). The third kappa shape index (κ3) is 4.02. The summed E-state index contributed by atoms with van der Waals surface area (Å²) in [5, 5.41) is 10.7. The van der Waals surface area contributed by atoms with Crippen molar-refractivity contribution in [2.75, 3.05) is 6.61 Å².